The third-order valence-corrected chi connectivity index (χ3v) is 6.31. The average Bonchev–Trinajstić information content (AvgIpc) is 3.26. The maximum absolute atomic E-state index is 13.5. The molecule has 0 bridgehead atoms. The van der Waals surface area contributed by atoms with Gasteiger partial charge in [-0.15, -0.1) is 0 Å². The van der Waals surface area contributed by atoms with Gasteiger partial charge in [0.1, 0.15) is 22.4 Å². The van der Waals surface area contributed by atoms with Crippen LogP contribution in [0.4, 0.5) is 4.39 Å². The molecular weight excluding hydrogens is 331 g/mol. The van der Waals surface area contributed by atoms with Crippen molar-refractivity contribution in [3.05, 3.63) is 29.6 Å². The first kappa shape index (κ1) is 17.5. The van der Waals surface area contributed by atoms with E-state index < -0.39 is 33.6 Å². The molecule has 1 aliphatic heterocycles. The van der Waals surface area contributed by atoms with E-state index in [1.54, 1.807) is 26.8 Å². The van der Waals surface area contributed by atoms with Crippen LogP contribution in [0.15, 0.2) is 18.2 Å². The second-order valence-corrected chi connectivity index (χ2v) is 9.59. The predicted molar refractivity (Wildman–Crippen MR) is 87.9 cm³/mol. The van der Waals surface area contributed by atoms with E-state index >= 15 is 0 Å². The molecule has 2 unspecified atom stereocenters. The van der Waals surface area contributed by atoms with Crippen LogP contribution in [-0.4, -0.2) is 26.7 Å². The van der Waals surface area contributed by atoms with E-state index in [2.05, 4.69) is 4.72 Å². The first-order chi connectivity index (χ1) is 11.1. The zero-order valence-corrected chi connectivity index (χ0v) is 14.7. The molecule has 1 saturated carbocycles. The van der Waals surface area contributed by atoms with Gasteiger partial charge >= 0.3 is 0 Å². The minimum Gasteiger partial charge on any atom is -0.598 e. The number of nitrogens with zero attached hydrogens (tertiary/aromatic N) is 1. The van der Waals surface area contributed by atoms with E-state index in [9.17, 15) is 19.3 Å². The lowest BCUT2D eigenvalue weighted by Gasteiger charge is -2.41. The summed E-state index contributed by atoms with van der Waals surface area (Å²) in [6.45, 7) is 5.58. The van der Waals surface area contributed by atoms with Gasteiger partial charge in [0, 0.05) is 28.4 Å². The Morgan fingerprint density at radius 3 is 2.67 bits per heavy atom. The Labute approximate surface area is 144 Å². The molecule has 7 heteroatoms. The van der Waals surface area contributed by atoms with Crippen LogP contribution in [0.25, 0.3) is 0 Å². The van der Waals surface area contributed by atoms with Crippen molar-refractivity contribution in [1.82, 2.24) is 4.72 Å². The number of fused-ring (bicyclic) bond motifs is 1. The third-order valence-electron chi connectivity index (χ3n) is 4.70. The van der Waals surface area contributed by atoms with Gasteiger partial charge < -0.3 is 14.4 Å². The van der Waals surface area contributed by atoms with Gasteiger partial charge in [0.2, 0.25) is 0 Å². The first-order valence-corrected chi connectivity index (χ1v) is 9.02. The number of hydrogen-bond donors (Lipinski definition) is 2. The van der Waals surface area contributed by atoms with Crippen molar-refractivity contribution >= 4 is 11.4 Å². The molecule has 3 atom stereocenters. The van der Waals surface area contributed by atoms with E-state index in [-0.39, 0.29) is 5.41 Å². The lowest BCUT2D eigenvalue weighted by molar-refractivity contribution is 0.00406. The Balaban J connectivity index is 2.03. The van der Waals surface area contributed by atoms with Crippen LogP contribution in [0.1, 0.15) is 45.1 Å². The molecule has 24 heavy (non-hydrogen) atoms. The molecule has 3 rings (SSSR count). The van der Waals surface area contributed by atoms with E-state index in [0.717, 1.165) is 12.8 Å². The summed E-state index contributed by atoms with van der Waals surface area (Å²) >= 11 is -1.63. The molecule has 130 valence electrons. The monoisotopic (exact) mass is 352 g/mol. The standard InChI is InChI=1S/C17H21FN2O3S/c1-15(2,3)24(22)20-17(21,9-19)14-12-5-4-11(18)8-13(12)23-10-16(14)6-7-16/h4-5,8,14,20-21H,6-7,10H2,1-3H3/t14?,17?,24-/m0/s1. The molecule has 1 aromatic carbocycles. The lowest BCUT2D eigenvalue weighted by atomic mass is 9.75. The summed E-state index contributed by atoms with van der Waals surface area (Å²) in [6, 6.07) is 5.99. The van der Waals surface area contributed by atoms with Crippen molar-refractivity contribution in [2.75, 3.05) is 6.61 Å². The highest BCUT2D eigenvalue weighted by Gasteiger charge is 2.63. The zero-order chi connectivity index (χ0) is 17.8. The van der Waals surface area contributed by atoms with Crippen molar-refractivity contribution in [2.24, 2.45) is 5.41 Å². The van der Waals surface area contributed by atoms with Crippen molar-refractivity contribution < 1.29 is 18.8 Å². The van der Waals surface area contributed by atoms with Crippen LogP contribution in [0, 0.1) is 22.6 Å². The summed E-state index contributed by atoms with van der Waals surface area (Å²) in [5.74, 6) is -0.744. The highest BCUT2D eigenvalue weighted by Crippen LogP contribution is 2.62. The van der Waals surface area contributed by atoms with Crippen LogP contribution in [0.3, 0.4) is 0 Å². The first-order valence-electron chi connectivity index (χ1n) is 7.87. The maximum Gasteiger partial charge on any atom is 0.252 e. The van der Waals surface area contributed by atoms with Crippen LogP contribution < -0.4 is 9.46 Å². The van der Waals surface area contributed by atoms with E-state index in [0.29, 0.717) is 17.9 Å². The summed E-state index contributed by atoms with van der Waals surface area (Å²) in [5, 5.41) is 20.7. The summed E-state index contributed by atoms with van der Waals surface area (Å²) in [6.07, 6.45) is 1.59. The van der Waals surface area contributed by atoms with Crippen LogP contribution in [-0.2, 0) is 11.4 Å². The van der Waals surface area contributed by atoms with Gasteiger partial charge in [0.15, 0.2) is 0 Å². The molecule has 1 aromatic rings. The average molecular weight is 352 g/mol. The highest BCUT2D eigenvalue weighted by molar-refractivity contribution is 7.90. The Bertz CT molecular complexity index is 696. The van der Waals surface area contributed by atoms with Crippen LogP contribution in [0.2, 0.25) is 0 Å². The van der Waals surface area contributed by atoms with Crippen molar-refractivity contribution in [1.29, 1.82) is 5.26 Å². The fourth-order valence-corrected chi connectivity index (χ4v) is 3.96. The molecule has 1 heterocycles. The molecule has 0 amide bonds. The van der Waals surface area contributed by atoms with Crippen molar-refractivity contribution in [3.8, 4) is 11.8 Å². The molecule has 0 saturated heterocycles. The van der Waals surface area contributed by atoms with Crippen molar-refractivity contribution in [2.45, 2.75) is 50.0 Å². The van der Waals surface area contributed by atoms with Gasteiger partial charge in [-0.2, -0.15) is 5.26 Å². The minimum atomic E-state index is -2.02. The van der Waals surface area contributed by atoms with E-state index in [4.69, 9.17) is 4.74 Å². The van der Waals surface area contributed by atoms with Gasteiger partial charge in [0.05, 0.1) is 12.5 Å². The molecule has 1 spiro atoms. The van der Waals surface area contributed by atoms with Gasteiger partial charge in [0.25, 0.3) is 5.72 Å². The summed E-state index contributed by atoms with van der Waals surface area (Å²) in [4.78, 5) is 0. The molecule has 2 N–H and O–H groups in total. The largest absolute Gasteiger partial charge is 0.598 e. The molecule has 5 nitrogen and oxygen atoms in total. The second-order valence-electron chi connectivity index (χ2n) is 7.63. The molecule has 0 aromatic heterocycles. The number of ether oxygens (including phenoxy) is 1. The second kappa shape index (κ2) is 5.60. The Morgan fingerprint density at radius 2 is 2.12 bits per heavy atom. The van der Waals surface area contributed by atoms with Gasteiger partial charge in [-0.25, -0.2) is 4.39 Å². The zero-order valence-electron chi connectivity index (χ0n) is 13.9. The topological polar surface area (TPSA) is 88.3 Å². The fourth-order valence-electron chi connectivity index (χ4n) is 3.21. The van der Waals surface area contributed by atoms with Crippen molar-refractivity contribution in [3.63, 3.8) is 0 Å². The number of benzene rings is 1. The molecule has 2 aliphatic rings. The SMILES string of the molecule is CC(C)(C)[S@+]([O-])NC(O)(C#N)C1c2ccc(F)cc2OCC12CC2. The number of nitrogens with one attached hydrogen (secondary N) is 1. The molecule has 1 aliphatic carbocycles. The number of hydrogen-bond acceptors (Lipinski definition) is 5. The summed E-state index contributed by atoms with van der Waals surface area (Å²) in [7, 11) is 0. The third kappa shape index (κ3) is 2.88. The molecule has 1 fully saturated rings. The van der Waals surface area contributed by atoms with E-state index in [1.165, 1.54) is 12.1 Å². The Morgan fingerprint density at radius 1 is 1.46 bits per heavy atom. The van der Waals surface area contributed by atoms with Gasteiger partial charge in [-0.1, -0.05) is 10.8 Å². The minimum absolute atomic E-state index is 0.307. The fraction of sp³-hybridized carbons (Fsp3) is 0.588. The highest BCUT2D eigenvalue weighted by atomic mass is 32.2. The van der Waals surface area contributed by atoms with E-state index in [1.807, 2.05) is 6.07 Å². The summed E-state index contributed by atoms with van der Waals surface area (Å²) < 4.78 is 33.6. The van der Waals surface area contributed by atoms with Crippen LogP contribution >= 0.6 is 0 Å². The number of rotatable bonds is 3. The number of halogens is 1. The smallest absolute Gasteiger partial charge is 0.252 e. The number of aliphatic hydroxyl groups is 1. The molecule has 0 radical (unpaired) electrons. The summed E-state index contributed by atoms with van der Waals surface area (Å²) in [5.41, 5.74) is -1.84. The molecular formula is C17H21FN2O3S. The van der Waals surface area contributed by atoms with Crippen LogP contribution in [0.5, 0.6) is 5.75 Å². The predicted octanol–water partition coefficient (Wildman–Crippen LogP) is 2.35. The van der Waals surface area contributed by atoms with Gasteiger partial charge in [-0.3, -0.25) is 0 Å². The lowest BCUT2D eigenvalue weighted by Crippen LogP contribution is -2.58. The number of nitriles is 1. The Hall–Kier alpha value is -1.33. The maximum atomic E-state index is 13.5. The normalized spacial score (nSPS) is 25.1. The quantitative estimate of drug-likeness (QED) is 0.495. The Kier molecular flexibility index (Phi) is 4.08. The van der Waals surface area contributed by atoms with Gasteiger partial charge in [-0.05, 0) is 39.7 Å².